The monoisotopic (exact) mass is 271 g/mol. The Hall–Kier alpha value is -2.36. The summed E-state index contributed by atoms with van der Waals surface area (Å²) < 4.78 is 5.34. The fraction of sp³-hybridized carbons (Fsp3) is 0.250. The summed E-state index contributed by atoms with van der Waals surface area (Å²) in [5, 5.41) is 2.84. The average Bonchev–Trinajstić information content (AvgIpc) is 2.87. The average molecular weight is 271 g/mol. The van der Waals surface area contributed by atoms with Gasteiger partial charge in [0.1, 0.15) is 5.76 Å². The van der Waals surface area contributed by atoms with E-state index in [9.17, 15) is 9.59 Å². The highest BCUT2D eigenvalue weighted by molar-refractivity contribution is 5.91. The molecule has 0 radical (unpaired) electrons. The quantitative estimate of drug-likeness (QED) is 0.843. The van der Waals surface area contributed by atoms with Gasteiger partial charge in [0, 0.05) is 17.7 Å². The number of amides is 1. The van der Waals surface area contributed by atoms with E-state index < -0.39 is 0 Å². The summed E-state index contributed by atoms with van der Waals surface area (Å²) in [5.41, 5.74) is 1.61. The summed E-state index contributed by atoms with van der Waals surface area (Å²) in [6.45, 7) is 4.01. The minimum absolute atomic E-state index is 0.00832. The maximum atomic E-state index is 11.7. The highest BCUT2D eigenvalue weighted by Gasteiger charge is 2.07. The Morgan fingerprint density at radius 1 is 1.20 bits per heavy atom. The summed E-state index contributed by atoms with van der Waals surface area (Å²) in [4.78, 5) is 22.2. The molecule has 1 heterocycles. The number of hydrogen-bond donors (Lipinski definition) is 1. The fourth-order valence-electron chi connectivity index (χ4n) is 1.87. The number of anilines is 1. The summed E-state index contributed by atoms with van der Waals surface area (Å²) in [6, 6.07) is 10.7. The molecule has 0 spiro atoms. The molecule has 0 unspecified atom stereocenters. The Bertz CT molecular complexity index is 596. The van der Waals surface area contributed by atoms with Gasteiger partial charge in [0.25, 0.3) is 0 Å². The van der Waals surface area contributed by atoms with E-state index in [1.165, 1.54) is 0 Å². The maximum absolute atomic E-state index is 11.7. The second-order valence-corrected chi connectivity index (χ2v) is 5.04. The number of furan rings is 1. The highest BCUT2D eigenvalue weighted by Crippen LogP contribution is 2.23. The molecule has 104 valence electrons. The Morgan fingerprint density at radius 3 is 2.45 bits per heavy atom. The first-order valence-corrected chi connectivity index (χ1v) is 6.54. The van der Waals surface area contributed by atoms with Gasteiger partial charge in [-0.15, -0.1) is 0 Å². The minimum Gasteiger partial charge on any atom is -0.453 e. The summed E-state index contributed by atoms with van der Waals surface area (Å²) in [5.74, 6) is 1.27. The third-order valence-electron chi connectivity index (χ3n) is 2.79. The van der Waals surface area contributed by atoms with Gasteiger partial charge in [-0.25, -0.2) is 0 Å². The van der Waals surface area contributed by atoms with Crippen molar-refractivity contribution in [1.82, 2.24) is 0 Å². The van der Waals surface area contributed by atoms with E-state index >= 15 is 0 Å². The number of carbonyl (C=O) groups excluding carboxylic acids is 2. The van der Waals surface area contributed by atoms with Gasteiger partial charge in [-0.2, -0.15) is 0 Å². The smallest absolute Gasteiger partial charge is 0.224 e. The van der Waals surface area contributed by atoms with Gasteiger partial charge in [-0.05, 0) is 42.3 Å². The van der Waals surface area contributed by atoms with Crippen LogP contribution < -0.4 is 5.32 Å². The molecule has 4 heteroatoms. The molecule has 0 aliphatic carbocycles. The molecule has 0 aliphatic rings. The molecule has 0 atom stereocenters. The normalized spacial score (nSPS) is 10.6. The summed E-state index contributed by atoms with van der Waals surface area (Å²) >= 11 is 0. The summed E-state index contributed by atoms with van der Waals surface area (Å²) in [6.07, 6.45) is 1.17. The zero-order valence-electron chi connectivity index (χ0n) is 11.6. The van der Waals surface area contributed by atoms with Gasteiger partial charge >= 0.3 is 0 Å². The van der Waals surface area contributed by atoms with E-state index in [1.54, 1.807) is 12.1 Å². The van der Waals surface area contributed by atoms with Crippen molar-refractivity contribution in [2.24, 2.45) is 5.92 Å². The van der Waals surface area contributed by atoms with Crippen molar-refractivity contribution in [3.05, 3.63) is 42.2 Å². The molecule has 0 saturated carbocycles. The van der Waals surface area contributed by atoms with Gasteiger partial charge in [-0.3, -0.25) is 9.59 Å². The van der Waals surface area contributed by atoms with E-state index in [0.29, 0.717) is 30.1 Å². The molecule has 0 aliphatic heterocycles. The predicted molar refractivity (Wildman–Crippen MR) is 77.6 cm³/mol. The molecule has 2 aromatic rings. The van der Waals surface area contributed by atoms with Crippen LogP contribution >= 0.6 is 0 Å². The third-order valence-corrected chi connectivity index (χ3v) is 2.79. The van der Waals surface area contributed by atoms with Gasteiger partial charge in [0.15, 0.2) is 12.0 Å². The molecule has 0 fully saturated rings. The van der Waals surface area contributed by atoms with E-state index in [0.717, 1.165) is 11.3 Å². The van der Waals surface area contributed by atoms with Crippen LogP contribution in [0.4, 0.5) is 5.69 Å². The molecule has 0 saturated heterocycles. The first kappa shape index (κ1) is 14.1. The van der Waals surface area contributed by atoms with Crippen molar-refractivity contribution >= 4 is 17.9 Å². The van der Waals surface area contributed by atoms with Crippen LogP contribution in [-0.4, -0.2) is 12.2 Å². The van der Waals surface area contributed by atoms with Crippen molar-refractivity contribution in [2.45, 2.75) is 20.3 Å². The number of benzene rings is 1. The minimum atomic E-state index is 0.00832. The number of aldehydes is 1. The van der Waals surface area contributed by atoms with Crippen LogP contribution in [0.15, 0.2) is 40.8 Å². The van der Waals surface area contributed by atoms with Crippen LogP contribution in [0.25, 0.3) is 11.3 Å². The van der Waals surface area contributed by atoms with Crippen molar-refractivity contribution in [1.29, 1.82) is 0 Å². The van der Waals surface area contributed by atoms with Crippen LogP contribution in [0.3, 0.4) is 0 Å². The molecule has 1 amide bonds. The fourth-order valence-corrected chi connectivity index (χ4v) is 1.87. The van der Waals surface area contributed by atoms with Crippen molar-refractivity contribution < 1.29 is 14.0 Å². The lowest BCUT2D eigenvalue weighted by Crippen LogP contribution is -2.13. The van der Waals surface area contributed by atoms with E-state index in [2.05, 4.69) is 5.32 Å². The Morgan fingerprint density at radius 2 is 1.90 bits per heavy atom. The number of carbonyl (C=O) groups is 2. The van der Waals surface area contributed by atoms with Gasteiger partial charge in [0.2, 0.25) is 5.91 Å². The van der Waals surface area contributed by atoms with Crippen LogP contribution in [0.5, 0.6) is 0 Å². The number of rotatable bonds is 5. The lowest BCUT2D eigenvalue weighted by atomic mass is 10.1. The molecule has 20 heavy (non-hydrogen) atoms. The third kappa shape index (κ3) is 3.57. The molecule has 1 N–H and O–H groups in total. The Kier molecular flexibility index (Phi) is 4.35. The Labute approximate surface area is 117 Å². The van der Waals surface area contributed by atoms with Crippen molar-refractivity contribution in [2.75, 3.05) is 5.32 Å². The SMILES string of the molecule is CC(C)CC(=O)Nc1ccc(-c2ccc(C=O)o2)cc1. The van der Waals surface area contributed by atoms with Gasteiger partial charge in [-0.1, -0.05) is 13.8 Å². The number of hydrogen-bond acceptors (Lipinski definition) is 3. The number of nitrogens with one attached hydrogen (secondary N) is 1. The molecule has 1 aromatic carbocycles. The Balaban J connectivity index is 2.06. The zero-order valence-corrected chi connectivity index (χ0v) is 11.6. The largest absolute Gasteiger partial charge is 0.453 e. The van der Waals surface area contributed by atoms with Crippen molar-refractivity contribution in [3.8, 4) is 11.3 Å². The molecule has 4 nitrogen and oxygen atoms in total. The van der Waals surface area contributed by atoms with Crippen LogP contribution in [-0.2, 0) is 4.79 Å². The van der Waals surface area contributed by atoms with Crippen LogP contribution in [0.2, 0.25) is 0 Å². The van der Waals surface area contributed by atoms with Crippen molar-refractivity contribution in [3.63, 3.8) is 0 Å². The van der Waals surface area contributed by atoms with Crippen LogP contribution in [0.1, 0.15) is 30.8 Å². The highest BCUT2D eigenvalue weighted by atomic mass is 16.3. The lowest BCUT2D eigenvalue weighted by Gasteiger charge is -2.07. The standard InChI is InChI=1S/C16H17NO3/c1-11(2)9-16(19)17-13-5-3-12(4-6-13)15-8-7-14(10-18)20-15/h3-8,10-11H,9H2,1-2H3,(H,17,19). The second kappa shape index (κ2) is 6.19. The molecular formula is C16H17NO3. The van der Waals surface area contributed by atoms with E-state index in [1.807, 2.05) is 38.1 Å². The topological polar surface area (TPSA) is 59.3 Å². The first-order valence-electron chi connectivity index (χ1n) is 6.54. The molecular weight excluding hydrogens is 254 g/mol. The predicted octanol–water partition coefficient (Wildman–Crippen LogP) is 3.74. The first-order chi connectivity index (χ1) is 9.58. The van der Waals surface area contributed by atoms with Gasteiger partial charge < -0.3 is 9.73 Å². The van der Waals surface area contributed by atoms with Gasteiger partial charge in [0.05, 0.1) is 0 Å². The second-order valence-electron chi connectivity index (χ2n) is 5.04. The van der Waals surface area contributed by atoms with E-state index in [4.69, 9.17) is 4.42 Å². The maximum Gasteiger partial charge on any atom is 0.224 e. The molecule has 0 bridgehead atoms. The summed E-state index contributed by atoms with van der Waals surface area (Å²) in [7, 11) is 0. The lowest BCUT2D eigenvalue weighted by molar-refractivity contribution is -0.116. The molecule has 2 rings (SSSR count). The zero-order chi connectivity index (χ0) is 14.5. The molecule has 1 aromatic heterocycles. The van der Waals surface area contributed by atoms with E-state index in [-0.39, 0.29) is 5.91 Å². The van der Waals surface area contributed by atoms with Crippen LogP contribution in [0, 0.1) is 5.92 Å².